The number of hydrogen-bond donors (Lipinski definition) is 2. The van der Waals surface area contributed by atoms with E-state index in [9.17, 15) is 9.59 Å². The van der Waals surface area contributed by atoms with Gasteiger partial charge in [-0.25, -0.2) is 0 Å². The minimum absolute atomic E-state index is 0.0367. The molecule has 5 heteroatoms. The molecule has 3 N–H and O–H groups in total. The van der Waals surface area contributed by atoms with Crippen LogP contribution in [0, 0.1) is 6.92 Å². The SMILES string of the molecule is CNC(=O)Cn1c(C)ccc(CN)c1=O. The maximum Gasteiger partial charge on any atom is 0.255 e. The molecule has 5 nitrogen and oxygen atoms in total. The molecule has 0 atom stereocenters. The monoisotopic (exact) mass is 209 g/mol. The van der Waals surface area contributed by atoms with Crippen LogP contribution < -0.4 is 16.6 Å². The third kappa shape index (κ3) is 2.44. The Balaban J connectivity index is 3.15. The first-order valence-corrected chi connectivity index (χ1v) is 4.70. The summed E-state index contributed by atoms with van der Waals surface area (Å²) < 4.78 is 1.42. The number of carbonyl (C=O) groups excluding carboxylic acids is 1. The van der Waals surface area contributed by atoms with Crippen LogP contribution in [0.4, 0.5) is 0 Å². The van der Waals surface area contributed by atoms with Gasteiger partial charge >= 0.3 is 0 Å². The molecule has 82 valence electrons. The highest BCUT2D eigenvalue weighted by Crippen LogP contribution is 1.97. The fourth-order valence-electron chi connectivity index (χ4n) is 1.29. The highest BCUT2D eigenvalue weighted by molar-refractivity contribution is 5.75. The third-order valence-electron chi connectivity index (χ3n) is 2.27. The summed E-state index contributed by atoms with van der Waals surface area (Å²) in [6.07, 6.45) is 0. The van der Waals surface area contributed by atoms with Crippen molar-refractivity contribution in [2.75, 3.05) is 7.05 Å². The second-order valence-corrected chi connectivity index (χ2v) is 3.27. The molecule has 0 aliphatic carbocycles. The van der Waals surface area contributed by atoms with E-state index >= 15 is 0 Å². The maximum absolute atomic E-state index is 11.8. The molecule has 1 amide bonds. The molecular weight excluding hydrogens is 194 g/mol. The summed E-state index contributed by atoms with van der Waals surface area (Å²) in [5.74, 6) is -0.200. The molecule has 1 heterocycles. The number of nitrogens with one attached hydrogen (secondary N) is 1. The van der Waals surface area contributed by atoms with Crippen molar-refractivity contribution in [1.82, 2.24) is 9.88 Å². The molecule has 0 radical (unpaired) electrons. The van der Waals surface area contributed by atoms with Crippen LogP contribution in [-0.2, 0) is 17.9 Å². The number of hydrogen-bond acceptors (Lipinski definition) is 3. The molecule has 0 spiro atoms. The summed E-state index contributed by atoms with van der Waals surface area (Å²) in [6.45, 7) is 2.01. The van der Waals surface area contributed by atoms with Gasteiger partial charge in [0.25, 0.3) is 5.56 Å². The quantitative estimate of drug-likeness (QED) is 0.695. The Hall–Kier alpha value is -1.62. The molecule has 1 aromatic heterocycles. The average Bonchev–Trinajstić information content (AvgIpc) is 2.24. The van der Waals surface area contributed by atoms with Gasteiger partial charge in [-0.2, -0.15) is 0 Å². The Kier molecular flexibility index (Phi) is 3.62. The summed E-state index contributed by atoms with van der Waals surface area (Å²) in [5, 5.41) is 2.48. The predicted octanol–water partition coefficient (Wildman–Crippen LogP) is -0.639. The zero-order valence-corrected chi connectivity index (χ0v) is 8.91. The van der Waals surface area contributed by atoms with Crippen molar-refractivity contribution < 1.29 is 4.79 Å². The second-order valence-electron chi connectivity index (χ2n) is 3.27. The number of aromatic nitrogens is 1. The predicted molar refractivity (Wildman–Crippen MR) is 57.4 cm³/mol. The van der Waals surface area contributed by atoms with Gasteiger partial charge in [0, 0.05) is 24.8 Å². The summed E-state index contributed by atoms with van der Waals surface area (Å²) in [4.78, 5) is 23.0. The first-order chi connectivity index (χ1) is 7.10. The van der Waals surface area contributed by atoms with Crippen LogP contribution in [-0.4, -0.2) is 17.5 Å². The van der Waals surface area contributed by atoms with E-state index in [1.807, 2.05) is 0 Å². The smallest absolute Gasteiger partial charge is 0.255 e. The Morgan fingerprint density at radius 3 is 2.73 bits per heavy atom. The minimum Gasteiger partial charge on any atom is -0.358 e. The molecule has 1 rings (SSSR count). The molecule has 0 saturated heterocycles. The van der Waals surface area contributed by atoms with Gasteiger partial charge in [0.05, 0.1) is 0 Å². The first-order valence-electron chi connectivity index (χ1n) is 4.70. The number of aryl methyl sites for hydroxylation is 1. The van der Waals surface area contributed by atoms with Crippen molar-refractivity contribution in [3.8, 4) is 0 Å². The van der Waals surface area contributed by atoms with Crippen LogP contribution in [0.2, 0.25) is 0 Å². The number of nitrogens with two attached hydrogens (primary N) is 1. The van der Waals surface area contributed by atoms with Crippen LogP contribution in [0.25, 0.3) is 0 Å². The Labute approximate surface area is 87.9 Å². The number of carbonyl (C=O) groups is 1. The van der Waals surface area contributed by atoms with Gasteiger partial charge in [-0.3, -0.25) is 9.59 Å². The average molecular weight is 209 g/mol. The van der Waals surface area contributed by atoms with Gasteiger partial charge in [-0.1, -0.05) is 6.07 Å². The van der Waals surface area contributed by atoms with Gasteiger partial charge in [0.15, 0.2) is 0 Å². The molecule has 0 aliphatic heterocycles. The van der Waals surface area contributed by atoms with E-state index in [1.165, 1.54) is 11.6 Å². The molecule has 0 bridgehead atoms. The topological polar surface area (TPSA) is 77.1 Å². The normalized spacial score (nSPS) is 10.1. The number of pyridine rings is 1. The lowest BCUT2D eigenvalue weighted by Crippen LogP contribution is -2.33. The molecular formula is C10H15N3O2. The molecule has 0 saturated carbocycles. The van der Waals surface area contributed by atoms with E-state index in [4.69, 9.17) is 5.73 Å². The molecule has 0 fully saturated rings. The summed E-state index contributed by atoms with van der Waals surface area (Å²) in [7, 11) is 1.54. The largest absolute Gasteiger partial charge is 0.358 e. The molecule has 0 aromatic carbocycles. The molecule has 0 unspecified atom stereocenters. The van der Waals surface area contributed by atoms with Crippen LogP contribution in [0.15, 0.2) is 16.9 Å². The van der Waals surface area contributed by atoms with Crippen LogP contribution in [0.1, 0.15) is 11.3 Å². The number of rotatable bonds is 3. The van der Waals surface area contributed by atoms with Crippen molar-refractivity contribution in [2.45, 2.75) is 20.0 Å². The maximum atomic E-state index is 11.8. The Morgan fingerprint density at radius 2 is 2.20 bits per heavy atom. The highest BCUT2D eigenvalue weighted by Gasteiger charge is 2.07. The molecule has 1 aromatic rings. The van der Waals surface area contributed by atoms with Gasteiger partial charge in [-0.15, -0.1) is 0 Å². The van der Waals surface area contributed by atoms with Crippen LogP contribution in [0.3, 0.4) is 0 Å². The van der Waals surface area contributed by atoms with Gasteiger partial charge < -0.3 is 15.6 Å². The van der Waals surface area contributed by atoms with E-state index in [2.05, 4.69) is 5.32 Å². The lowest BCUT2D eigenvalue weighted by Gasteiger charge is -2.10. The van der Waals surface area contributed by atoms with Crippen LogP contribution in [0.5, 0.6) is 0 Å². The lowest BCUT2D eigenvalue weighted by atomic mass is 10.2. The Morgan fingerprint density at radius 1 is 1.53 bits per heavy atom. The van der Waals surface area contributed by atoms with E-state index in [-0.39, 0.29) is 24.6 Å². The van der Waals surface area contributed by atoms with E-state index in [0.29, 0.717) is 5.56 Å². The van der Waals surface area contributed by atoms with Crippen molar-refractivity contribution in [3.05, 3.63) is 33.7 Å². The highest BCUT2D eigenvalue weighted by atomic mass is 16.2. The zero-order valence-electron chi connectivity index (χ0n) is 8.91. The minimum atomic E-state index is -0.200. The van der Waals surface area contributed by atoms with Gasteiger partial charge in [0.1, 0.15) is 6.54 Å². The van der Waals surface area contributed by atoms with Gasteiger partial charge in [-0.05, 0) is 13.0 Å². The van der Waals surface area contributed by atoms with Crippen molar-refractivity contribution in [2.24, 2.45) is 5.73 Å². The van der Waals surface area contributed by atoms with Crippen molar-refractivity contribution in [1.29, 1.82) is 0 Å². The number of nitrogens with zero attached hydrogens (tertiary/aromatic N) is 1. The summed E-state index contributed by atoms with van der Waals surface area (Å²) in [6, 6.07) is 3.48. The Bertz CT molecular complexity index is 423. The number of amides is 1. The van der Waals surface area contributed by atoms with Crippen molar-refractivity contribution >= 4 is 5.91 Å². The standard InChI is InChI=1S/C10H15N3O2/c1-7-3-4-8(5-11)10(15)13(7)6-9(14)12-2/h3-4H,5-6,11H2,1-2H3,(H,12,14). The van der Waals surface area contributed by atoms with Crippen LogP contribution >= 0.6 is 0 Å². The summed E-state index contributed by atoms with van der Waals surface area (Å²) >= 11 is 0. The van der Waals surface area contributed by atoms with Gasteiger partial charge in [0.2, 0.25) is 5.91 Å². The van der Waals surface area contributed by atoms with E-state index in [1.54, 1.807) is 19.1 Å². The zero-order chi connectivity index (χ0) is 11.4. The fraction of sp³-hybridized carbons (Fsp3) is 0.400. The fourth-order valence-corrected chi connectivity index (χ4v) is 1.29. The number of likely N-dealkylation sites (N-methyl/N-ethyl adjacent to an activating group) is 1. The van der Waals surface area contributed by atoms with Crippen molar-refractivity contribution in [3.63, 3.8) is 0 Å². The molecule has 0 aliphatic rings. The lowest BCUT2D eigenvalue weighted by molar-refractivity contribution is -0.121. The second kappa shape index (κ2) is 4.75. The van der Waals surface area contributed by atoms with E-state index < -0.39 is 0 Å². The first kappa shape index (κ1) is 11.5. The van der Waals surface area contributed by atoms with E-state index in [0.717, 1.165) is 5.69 Å². The molecule has 15 heavy (non-hydrogen) atoms. The third-order valence-corrected chi connectivity index (χ3v) is 2.27. The summed E-state index contributed by atoms with van der Waals surface area (Å²) in [5.41, 5.74) is 6.49.